The van der Waals surface area contributed by atoms with Crippen LogP contribution in [0.15, 0.2) is 60.9 Å². The lowest BCUT2D eigenvalue weighted by molar-refractivity contribution is -0.144. The molecular formula is C47H63N9O6. The van der Waals surface area contributed by atoms with Gasteiger partial charge in [-0.25, -0.2) is 0 Å². The second-order valence-electron chi connectivity index (χ2n) is 17.7. The zero-order valence-corrected chi connectivity index (χ0v) is 36.0. The normalized spacial score (nSPS) is 20.8. The van der Waals surface area contributed by atoms with Crippen LogP contribution >= 0.6 is 0 Å². The Balaban J connectivity index is 1.10. The molecule has 6 atom stereocenters. The Hall–Kier alpha value is -5.70. The molecule has 8 N–H and O–H groups in total. The molecule has 1 saturated heterocycles. The molecule has 332 valence electrons. The van der Waals surface area contributed by atoms with E-state index in [-0.39, 0.29) is 50.3 Å². The van der Waals surface area contributed by atoms with Crippen LogP contribution in [0.3, 0.4) is 0 Å². The number of likely N-dealkylation sites (tertiary alicyclic amines) is 1. The number of rotatable bonds is 19. The molecule has 3 unspecified atom stereocenters. The molecule has 0 bridgehead atoms. The minimum absolute atomic E-state index is 0.0769. The van der Waals surface area contributed by atoms with E-state index in [1.54, 1.807) is 11.1 Å². The first-order valence-corrected chi connectivity index (χ1v) is 22.6. The number of nitrogens with two attached hydrogens (primary N) is 1. The van der Waals surface area contributed by atoms with E-state index >= 15 is 0 Å². The maximum absolute atomic E-state index is 14.6. The van der Waals surface area contributed by atoms with Crippen LogP contribution in [0.25, 0.3) is 21.8 Å². The molecule has 1 aliphatic heterocycles. The summed E-state index contributed by atoms with van der Waals surface area (Å²) in [6, 6.07) is 12.4. The summed E-state index contributed by atoms with van der Waals surface area (Å²) < 4.78 is 0. The van der Waals surface area contributed by atoms with Gasteiger partial charge in [-0.1, -0.05) is 69.0 Å². The van der Waals surface area contributed by atoms with Gasteiger partial charge in [-0.15, -0.1) is 0 Å². The van der Waals surface area contributed by atoms with Crippen LogP contribution < -0.4 is 27.0 Å². The van der Waals surface area contributed by atoms with Crippen molar-refractivity contribution in [2.75, 3.05) is 19.6 Å². The molecule has 2 saturated carbocycles. The van der Waals surface area contributed by atoms with Crippen molar-refractivity contribution in [1.82, 2.24) is 41.0 Å². The zero-order valence-electron chi connectivity index (χ0n) is 36.0. The summed E-state index contributed by atoms with van der Waals surface area (Å²) in [6.07, 6.45) is 12.4. The number of hydrogen-bond acceptors (Lipinski definition) is 7. The van der Waals surface area contributed by atoms with E-state index in [1.165, 1.54) is 6.42 Å². The summed E-state index contributed by atoms with van der Waals surface area (Å²) in [5, 5.41) is 13.4. The number of amides is 6. The second kappa shape index (κ2) is 20.0. The number of hydrogen-bond donors (Lipinski definition) is 7. The van der Waals surface area contributed by atoms with Gasteiger partial charge in [-0.2, -0.15) is 0 Å². The van der Waals surface area contributed by atoms with Gasteiger partial charge in [0.1, 0.15) is 23.7 Å². The monoisotopic (exact) mass is 849 g/mol. The summed E-state index contributed by atoms with van der Waals surface area (Å²) in [5.74, 6) is -1.61. The van der Waals surface area contributed by atoms with E-state index in [0.717, 1.165) is 58.6 Å². The highest BCUT2D eigenvalue weighted by Gasteiger charge is 2.46. The van der Waals surface area contributed by atoms with Gasteiger partial charge < -0.3 is 46.8 Å². The van der Waals surface area contributed by atoms with E-state index < -0.39 is 47.3 Å². The number of fused-ring (bicyclic) bond motifs is 3. The van der Waals surface area contributed by atoms with Gasteiger partial charge in [-0.05, 0) is 87.6 Å². The maximum Gasteiger partial charge on any atom is 0.246 e. The number of carbonyl (C=O) groups is 6. The lowest BCUT2D eigenvalue weighted by Crippen LogP contribution is -2.64. The molecule has 4 aromatic rings. The molecule has 0 spiro atoms. The fourth-order valence-electron chi connectivity index (χ4n) is 10.4. The highest BCUT2D eigenvalue weighted by molar-refractivity contribution is 5.98. The number of nitrogens with one attached hydrogen (secondary N) is 6. The van der Waals surface area contributed by atoms with E-state index in [9.17, 15) is 28.8 Å². The standard InChI is InChI=1S/C47H63N9O6/c1-3-22-55(28-42(58)56-30(2)23-31-12-4-9-17-41(31)56)45(61)38(18-21-48)52-43(59)40(25-33-27-50-37-16-8-6-14-35(33)37)53-46(62)47(19-10-11-20-47)54-44(60)39(51-29-57)24-32-26-49-36-15-7-5-13-34(32)36/h5-8,13-16,26-27,29-31,38-41,49-50H,3-4,9-12,17-25,28,48H2,1-2H3,(H,51,57)(H,52,59)(H,53,62)(H,54,60)/t30?,31-,38?,39-,40?,41-/m0/s1. The van der Waals surface area contributed by atoms with E-state index in [2.05, 4.69) is 38.2 Å². The Morgan fingerprint density at radius 3 is 2.11 bits per heavy atom. The van der Waals surface area contributed by atoms with Crippen molar-refractivity contribution in [2.24, 2.45) is 11.7 Å². The molecule has 6 amide bonds. The zero-order chi connectivity index (χ0) is 43.8. The number of carbonyl (C=O) groups excluding carboxylic acids is 6. The lowest BCUT2D eigenvalue weighted by Gasteiger charge is -2.36. The van der Waals surface area contributed by atoms with Gasteiger partial charge in [0.05, 0.1) is 6.54 Å². The summed E-state index contributed by atoms with van der Waals surface area (Å²) in [7, 11) is 0. The van der Waals surface area contributed by atoms with E-state index in [1.807, 2.05) is 66.6 Å². The first kappa shape index (κ1) is 44.4. The first-order valence-electron chi connectivity index (χ1n) is 22.6. The molecule has 15 nitrogen and oxygen atoms in total. The quantitative estimate of drug-likeness (QED) is 0.0695. The van der Waals surface area contributed by atoms with Gasteiger partial charge in [0.15, 0.2) is 0 Å². The highest BCUT2D eigenvalue weighted by atomic mass is 16.2. The van der Waals surface area contributed by atoms with Gasteiger partial charge in [0, 0.05) is 65.7 Å². The number of H-pyrrole nitrogens is 2. The van der Waals surface area contributed by atoms with Gasteiger partial charge in [-0.3, -0.25) is 28.8 Å². The highest BCUT2D eigenvalue weighted by Crippen LogP contribution is 2.39. The average molecular weight is 850 g/mol. The third-order valence-corrected chi connectivity index (χ3v) is 13.5. The fourth-order valence-corrected chi connectivity index (χ4v) is 10.4. The largest absolute Gasteiger partial charge is 0.361 e. The van der Waals surface area contributed by atoms with Crippen LogP contribution in [-0.2, 0) is 41.6 Å². The predicted molar refractivity (Wildman–Crippen MR) is 237 cm³/mol. The Kier molecular flexibility index (Phi) is 14.3. The molecular weight excluding hydrogens is 787 g/mol. The van der Waals surface area contributed by atoms with E-state index in [4.69, 9.17) is 5.73 Å². The number of nitrogens with zero attached hydrogens (tertiary/aromatic N) is 2. The minimum atomic E-state index is -1.35. The van der Waals surface area contributed by atoms with Crippen LogP contribution in [0.1, 0.15) is 95.6 Å². The Morgan fingerprint density at radius 1 is 0.855 bits per heavy atom. The van der Waals surface area contributed by atoms with Crippen molar-refractivity contribution in [2.45, 2.75) is 133 Å². The lowest BCUT2D eigenvalue weighted by atomic mass is 9.85. The first-order chi connectivity index (χ1) is 30.0. The van der Waals surface area contributed by atoms with Crippen molar-refractivity contribution in [3.63, 3.8) is 0 Å². The van der Waals surface area contributed by atoms with Crippen LogP contribution in [0, 0.1) is 5.92 Å². The third-order valence-electron chi connectivity index (χ3n) is 13.5. The molecule has 0 radical (unpaired) electrons. The van der Waals surface area contributed by atoms with Crippen molar-refractivity contribution in [3.05, 3.63) is 72.1 Å². The maximum atomic E-state index is 14.6. The van der Waals surface area contributed by atoms with Gasteiger partial charge >= 0.3 is 0 Å². The molecule has 3 aliphatic rings. The molecule has 3 fully saturated rings. The van der Waals surface area contributed by atoms with Crippen LogP contribution in [0.5, 0.6) is 0 Å². The van der Waals surface area contributed by atoms with Crippen LogP contribution in [0.2, 0.25) is 0 Å². The molecule has 2 aromatic carbocycles. The fraction of sp³-hybridized carbons (Fsp3) is 0.532. The van der Waals surface area contributed by atoms with Gasteiger partial charge in [0.25, 0.3) is 0 Å². The molecule has 15 heteroatoms. The Labute approximate surface area is 363 Å². The Bertz CT molecular complexity index is 2230. The number of aromatic nitrogens is 2. The number of benzene rings is 2. The van der Waals surface area contributed by atoms with Crippen molar-refractivity contribution in [3.8, 4) is 0 Å². The van der Waals surface area contributed by atoms with E-state index in [0.29, 0.717) is 51.0 Å². The summed E-state index contributed by atoms with van der Waals surface area (Å²) in [4.78, 5) is 93.5. The topological polar surface area (TPSA) is 215 Å². The van der Waals surface area contributed by atoms with Crippen molar-refractivity contribution < 1.29 is 28.8 Å². The number of para-hydroxylation sites is 2. The number of aromatic amines is 2. The van der Waals surface area contributed by atoms with Crippen molar-refractivity contribution >= 4 is 57.8 Å². The average Bonchev–Trinajstić information content (AvgIpc) is 4.08. The third kappa shape index (κ3) is 9.67. The van der Waals surface area contributed by atoms with Gasteiger partial charge in [0.2, 0.25) is 35.9 Å². The van der Waals surface area contributed by atoms with Crippen LogP contribution in [0.4, 0.5) is 0 Å². The van der Waals surface area contributed by atoms with Crippen molar-refractivity contribution in [1.29, 1.82) is 0 Å². The minimum Gasteiger partial charge on any atom is -0.361 e. The summed E-state index contributed by atoms with van der Waals surface area (Å²) in [5.41, 5.74) is 8.08. The van der Waals surface area contributed by atoms with Crippen LogP contribution in [-0.4, -0.2) is 111 Å². The summed E-state index contributed by atoms with van der Waals surface area (Å²) >= 11 is 0. The Morgan fingerprint density at radius 2 is 1.48 bits per heavy atom. The second-order valence-corrected chi connectivity index (χ2v) is 17.7. The predicted octanol–water partition coefficient (Wildman–Crippen LogP) is 3.71. The SMILES string of the molecule is CCCN(CC(=O)N1C(C)C[C@@H]2CCCC[C@@H]21)C(=O)C(CCN)NC(=O)C(Cc1c[nH]c2ccccc12)NC(=O)C1(NC(=O)[C@H](Cc2c[nH]c3ccccc23)NC=O)CCCC1. The molecule has 3 heterocycles. The molecule has 62 heavy (non-hydrogen) atoms. The summed E-state index contributed by atoms with van der Waals surface area (Å²) in [6.45, 7) is 4.38. The molecule has 7 rings (SSSR count). The molecule has 2 aromatic heterocycles. The molecule has 2 aliphatic carbocycles. The smallest absolute Gasteiger partial charge is 0.246 e.